The van der Waals surface area contributed by atoms with Crippen LogP contribution in [0.1, 0.15) is 29.2 Å². The monoisotopic (exact) mass is 564 g/mol. The summed E-state index contributed by atoms with van der Waals surface area (Å²) in [5.74, 6) is 0.984. The van der Waals surface area contributed by atoms with Crippen molar-refractivity contribution in [1.82, 2.24) is 9.21 Å². The maximum absolute atomic E-state index is 13.6. The Morgan fingerprint density at radius 3 is 2.24 bits per heavy atom. The summed E-state index contributed by atoms with van der Waals surface area (Å²) in [6, 6.07) is 15.2. The zero-order valence-corrected chi connectivity index (χ0v) is 24.1. The Morgan fingerprint density at radius 1 is 1.00 bits per heavy atom. The summed E-state index contributed by atoms with van der Waals surface area (Å²) in [5.41, 5.74) is 0.979. The van der Waals surface area contributed by atoms with Gasteiger partial charge in [0.05, 0.1) is 32.2 Å². The highest BCUT2D eigenvalue weighted by atomic mass is 35.5. The molecule has 0 saturated carbocycles. The van der Waals surface area contributed by atoms with E-state index < -0.39 is 16.1 Å². The lowest BCUT2D eigenvalue weighted by atomic mass is 10.1. The molecule has 0 radical (unpaired) electrons. The highest BCUT2D eigenvalue weighted by Gasteiger charge is 2.31. The summed E-state index contributed by atoms with van der Waals surface area (Å²) in [6.07, 6.45) is 0.571. The molecule has 1 amide bonds. The van der Waals surface area contributed by atoms with Gasteiger partial charge in [-0.25, -0.2) is 8.42 Å². The van der Waals surface area contributed by atoms with E-state index in [1.807, 2.05) is 37.3 Å². The molecule has 0 aliphatic rings. The molecule has 1 aromatic heterocycles. The number of sulfonamides is 1. The lowest BCUT2D eigenvalue weighted by Gasteiger charge is -2.29. The van der Waals surface area contributed by atoms with Crippen LogP contribution in [0.2, 0.25) is 5.02 Å². The Kier molecular flexibility index (Phi) is 10.0. The maximum Gasteiger partial charge on any atom is 0.243 e. The maximum atomic E-state index is 13.6. The van der Waals surface area contributed by atoms with E-state index in [0.717, 1.165) is 15.3 Å². The molecular formula is C27H33ClN2O5S2. The van der Waals surface area contributed by atoms with E-state index in [1.165, 1.54) is 28.6 Å². The van der Waals surface area contributed by atoms with Crippen LogP contribution in [0.5, 0.6) is 11.5 Å². The predicted octanol–water partition coefficient (Wildman–Crippen LogP) is 5.40. The molecule has 0 fully saturated rings. The minimum Gasteiger partial charge on any atom is -0.493 e. The van der Waals surface area contributed by atoms with Crippen molar-refractivity contribution in [3.63, 3.8) is 0 Å². The van der Waals surface area contributed by atoms with Crippen molar-refractivity contribution in [3.05, 3.63) is 74.9 Å². The minimum absolute atomic E-state index is 0.101. The number of halogens is 1. The van der Waals surface area contributed by atoms with Crippen molar-refractivity contribution in [1.29, 1.82) is 0 Å². The molecule has 0 spiro atoms. The number of rotatable bonds is 12. The van der Waals surface area contributed by atoms with Crippen LogP contribution in [0.3, 0.4) is 0 Å². The van der Waals surface area contributed by atoms with Crippen molar-refractivity contribution < 1.29 is 22.7 Å². The molecule has 0 aliphatic heterocycles. The summed E-state index contributed by atoms with van der Waals surface area (Å²) in [5, 5.41) is 0.443. The van der Waals surface area contributed by atoms with Crippen molar-refractivity contribution in [2.75, 3.05) is 27.3 Å². The molecule has 7 nitrogen and oxygen atoms in total. The Balaban J connectivity index is 1.84. The molecule has 0 saturated heterocycles. The average Bonchev–Trinajstić information content (AvgIpc) is 3.29. The van der Waals surface area contributed by atoms with Crippen LogP contribution in [0, 0.1) is 6.92 Å². The first kappa shape index (κ1) is 29.0. The van der Waals surface area contributed by atoms with Gasteiger partial charge < -0.3 is 14.4 Å². The number of carbonyl (C=O) groups is 1. The van der Waals surface area contributed by atoms with Gasteiger partial charge in [0.1, 0.15) is 0 Å². The Bertz CT molecular complexity index is 1310. The molecule has 0 N–H and O–H groups in total. The molecule has 1 heterocycles. The molecule has 3 rings (SSSR count). The quantitative estimate of drug-likeness (QED) is 0.294. The Morgan fingerprint density at radius 2 is 1.68 bits per heavy atom. The SMILES string of the molecule is COc1ccc(CCN(Cc2ccc(C)s2)C(=O)CN(C(C)C)S(=O)(=O)c2ccc(Cl)cc2)cc1OC. The lowest BCUT2D eigenvalue weighted by Crippen LogP contribution is -2.46. The van der Waals surface area contributed by atoms with Crippen molar-refractivity contribution in [2.24, 2.45) is 0 Å². The summed E-state index contributed by atoms with van der Waals surface area (Å²) in [7, 11) is -0.734. The van der Waals surface area contributed by atoms with E-state index in [4.69, 9.17) is 21.1 Å². The first-order valence-corrected chi connectivity index (χ1v) is 14.5. The molecule has 10 heteroatoms. The van der Waals surface area contributed by atoms with Crippen LogP contribution >= 0.6 is 22.9 Å². The number of hydrogen-bond donors (Lipinski definition) is 0. The fourth-order valence-corrected chi connectivity index (χ4v) is 6.49. The molecule has 0 atom stereocenters. The molecular weight excluding hydrogens is 532 g/mol. The van der Waals surface area contributed by atoms with Crippen LogP contribution in [0.25, 0.3) is 0 Å². The first-order chi connectivity index (χ1) is 17.5. The zero-order valence-electron chi connectivity index (χ0n) is 21.7. The standard InChI is InChI=1S/C27H33ClN2O5S2/c1-19(2)30(37(32,33)24-11-8-22(28)9-12-24)18-27(31)29(17-23-10-6-20(3)36-23)15-14-21-7-13-25(34-4)26(16-21)35-5/h6-13,16,19H,14-15,17-18H2,1-5H3. The zero-order chi connectivity index (χ0) is 27.2. The normalized spacial score (nSPS) is 11.7. The smallest absolute Gasteiger partial charge is 0.243 e. The number of methoxy groups -OCH3 is 2. The summed E-state index contributed by atoms with van der Waals surface area (Å²) in [6.45, 7) is 6.09. The number of thiophene rings is 1. The average molecular weight is 565 g/mol. The summed E-state index contributed by atoms with van der Waals surface area (Å²) < 4.78 is 38.8. The Hall–Kier alpha value is -2.59. The van der Waals surface area contributed by atoms with Crippen LogP contribution in [-0.4, -0.2) is 56.9 Å². The fraction of sp³-hybridized carbons (Fsp3) is 0.370. The second-order valence-electron chi connectivity index (χ2n) is 8.86. The van der Waals surface area contributed by atoms with Gasteiger partial charge in [0.15, 0.2) is 11.5 Å². The van der Waals surface area contributed by atoms with E-state index in [1.54, 1.807) is 44.3 Å². The van der Waals surface area contributed by atoms with E-state index in [-0.39, 0.29) is 17.3 Å². The van der Waals surface area contributed by atoms with Crippen LogP contribution in [-0.2, 0) is 27.8 Å². The number of hydrogen-bond acceptors (Lipinski definition) is 6. The van der Waals surface area contributed by atoms with Gasteiger partial charge in [-0.05, 0) is 81.3 Å². The van der Waals surface area contributed by atoms with Gasteiger partial charge in [0.25, 0.3) is 0 Å². The van der Waals surface area contributed by atoms with E-state index >= 15 is 0 Å². The number of nitrogens with zero attached hydrogens (tertiary/aromatic N) is 2. The third kappa shape index (κ3) is 7.47. The van der Waals surface area contributed by atoms with Crippen LogP contribution in [0.15, 0.2) is 59.5 Å². The van der Waals surface area contributed by atoms with Gasteiger partial charge in [0, 0.05) is 27.4 Å². The third-order valence-corrected chi connectivity index (χ3v) is 9.17. The highest BCUT2D eigenvalue weighted by molar-refractivity contribution is 7.89. The van der Waals surface area contributed by atoms with Gasteiger partial charge in [-0.2, -0.15) is 4.31 Å². The molecule has 0 bridgehead atoms. The summed E-state index contributed by atoms with van der Waals surface area (Å²) >= 11 is 7.57. The number of amides is 1. The van der Waals surface area contributed by atoms with Gasteiger partial charge in [-0.1, -0.05) is 17.7 Å². The lowest BCUT2D eigenvalue weighted by molar-refractivity contribution is -0.132. The summed E-state index contributed by atoms with van der Waals surface area (Å²) in [4.78, 5) is 17.6. The number of carbonyl (C=O) groups excluding carboxylic acids is 1. The van der Waals surface area contributed by atoms with Gasteiger partial charge in [0.2, 0.25) is 15.9 Å². The number of aryl methyl sites for hydroxylation is 1. The van der Waals surface area contributed by atoms with Crippen LogP contribution in [0.4, 0.5) is 0 Å². The second-order valence-corrected chi connectivity index (χ2v) is 12.6. The van der Waals surface area contributed by atoms with Crippen molar-refractivity contribution in [3.8, 4) is 11.5 Å². The number of ether oxygens (including phenoxy) is 2. The van der Waals surface area contributed by atoms with E-state index in [2.05, 4.69) is 0 Å². The van der Waals surface area contributed by atoms with E-state index in [0.29, 0.717) is 36.0 Å². The second kappa shape index (κ2) is 12.8. The molecule has 200 valence electrons. The number of benzene rings is 2. The molecule has 3 aromatic rings. The van der Waals surface area contributed by atoms with Gasteiger partial charge in [-0.3, -0.25) is 4.79 Å². The van der Waals surface area contributed by atoms with E-state index in [9.17, 15) is 13.2 Å². The third-order valence-electron chi connectivity index (χ3n) is 5.90. The molecule has 0 unspecified atom stereocenters. The Labute approximate surface area is 228 Å². The van der Waals surface area contributed by atoms with Crippen molar-refractivity contribution >= 4 is 38.9 Å². The first-order valence-electron chi connectivity index (χ1n) is 11.9. The predicted molar refractivity (Wildman–Crippen MR) is 148 cm³/mol. The fourth-order valence-electron chi connectivity index (χ4n) is 3.87. The van der Waals surface area contributed by atoms with Crippen molar-refractivity contribution in [2.45, 2.75) is 44.7 Å². The van der Waals surface area contributed by atoms with Gasteiger partial charge in [-0.15, -0.1) is 11.3 Å². The molecule has 37 heavy (non-hydrogen) atoms. The minimum atomic E-state index is -3.90. The highest BCUT2D eigenvalue weighted by Crippen LogP contribution is 2.28. The molecule has 2 aromatic carbocycles. The van der Waals surface area contributed by atoms with Gasteiger partial charge >= 0.3 is 0 Å². The van der Waals surface area contributed by atoms with Crippen LogP contribution < -0.4 is 9.47 Å². The molecule has 0 aliphatic carbocycles. The largest absolute Gasteiger partial charge is 0.493 e. The topological polar surface area (TPSA) is 76.2 Å².